The number of aliphatic hydroxyl groups excluding tert-OH is 2. The highest BCUT2D eigenvalue weighted by molar-refractivity contribution is 5.85. The van der Waals surface area contributed by atoms with Crippen LogP contribution in [-0.4, -0.2) is 66.0 Å². The normalized spacial score (nSPS) is 22.1. The van der Waals surface area contributed by atoms with Crippen LogP contribution in [0.25, 0.3) is 22.6 Å². The zero-order valence-electron chi connectivity index (χ0n) is 18.2. The Labute approximate surface area is 194 Å². The average Bonchev–Trinajstić information content (AvgIpc) is 3.44. The lowest BCUT2D eigenvalue weighted by Crippen LogP contribution is -2.41. The number of likely N-dealkylation sites (N-methyl/N-ethyl adjacent to an activating group) is 1. The van der Waals surface area contributed by atoms with E-state index in [1.54, 1.807) is 24.5 Å². The molecule has 11 nitrogen and oxygen atoms in total. The number of rotatable bonds is 6. The molecule has 3 aromatic heterocycles. The van der Waals surface area contributed by atoms with Crippen molar-refractivity contribution in [3.8, 4) is 11.4 Å². The van der Waals surface area contributed by atoms with Gasteiger partial charge < -0.3 is 25.6 Å². The molecule has 0 aliphatic carbocycles. The fraction of sp³-hybridized carbons (Fsp3) is 0.261. The van der Waals surface area contributed by atoms with E-state index in [-0.39, 0.29) is 0 Å². The SMILES string of the molecule is CNC(=O)[C@H]1O[C@@H](n2cnc3c(NCc4ccccc4)nc(-c4ccncc4)nc32)[C@H](O)[C@@H]1O. The van der Waals surface area contributed by atoms with Gasteiger partial charge in [0.15, 0.2) is 35.1 Å². The molecule has 1 saturated heterocycles. The maximum atomic E-state index is 12.1. The second-order valence-electron chi connectivity index (χ2n) is 7.84. The Balaban J connectivity index is 1.57. The van der Waals surface area contributed by atoms with Gasteiger partial charge in [-0.3, -0.25) is 14.3 Å². The molecule has 4 N–H and O–H groups in total. The first kappa shape index (κ1) is 21.9. The number of imidazole rings is 1. The molecule has 0 unspecified atom stereocenters. The minimum Gasteiger partial charge on any atom is -0.387 e. The quantitative estimate of drug-likeness (QED) is 0.328. The van der Waals surface area contributed by atoms with E-state index in [0.29, 0.717) is 29.4 Å². The van der Waals surface area contributed by atoms with Crippen LogP contribution in [-0.2, 0) is 16.1 Å². The van der Waals surface area contributed by atoms with Crippen molar-refractivity contribution in [2.24, 2.45) is 0 Å². The van der Waals surface area contributed by atoms with E-state index < -0.39 is 30.4 Å². The summed E-state index contributed by atoms with van der Waals surface area (Å²) >= 11 is 0. The minimum atomic E-state index is -1.40. The third-order valence-corrected chi connectivity index (χ3v) is 5.68. The maximum Gasteiger partial charge on any atom is 0.251 e. The Kier molecular flexibility index (Phi) is 5.88. The molecule has 4 heterocycles. The largest absolute Gasteiger partial charge is 0.387 e. The summed E-state index contributed by atoms with van der Waals surface area (Å²) in [6.45, 7) is 0.510. The smallest absolute Gasteiger partial charge is 0.251 e. The number of hydrogen-bond donors (Lipinski definition) is 4. The van der Waals surface area contributed by atoms with Crippen LogP contribution in [0.1, 0.15) is 11.8 Å². The van der Waals surface area contributed by atoms with E-state index >= 15 is 0 Å². The lowest BCUT2D eigenvalue weighted by atomic mass is 10.1. The number of carbonyl (C=O) groups is 1. The molecule has 0 radical (unpaired) electrons. The van der Waals surface area contributed by atoms with E-state index in [0.717, 1.165) is 11.1 Å². The number of fused-ring (bicyclic) bond motifs is 1. The predicted octanol–water partition coefficient (Wildman–Crippen LogP) is 0.866. The summed E-state index contributed by atoms with van der Waals surface area (Å²) in [6.07, 6.45) is -0.309. The van der Waals surface area contributed by atoms with Gasteiger partial charge >= 0.3 is 0 Å². The zero-order valence-corrected chi connectivity index (χ0v) is 18.2. The molecule has 5 rings (SSSR count). The van der Waals surface area contributed by atoms with Crippen LogP contribution in [0.3, 0.4) is 0 Å². The van der Waals surface area contributed by atoms with E-state index in [4.69, 9.17) is 4.74 Å². The van der Waals surface area contributed by atoms with Crippen LogP contribution in [0.4, 0.5) is 5.82 Å². The number of aliphatic hydroxyl groups is 2. The van der Waals surface area contributed by atoms with E-state index in [2.05, 4.69) is 30.6 Å². The first-order valence-corrected chi connectivity index (χ1v) is 10.7. The monoisotopic (exact) mass is 461 g/mol. The van der Waals surface area contributed by atoms with Gasteiger partial charge in [-0.15, -0.1) is 0 Å². The zero-order chi connectivity index (χ0) is 23.7. The highest BCUT2D eigenvalue weighted by Crippen LogP contribution is 2.33. The molecule has 1 fully saturated rings. The summed E-state index contributed by atoms with van der Waals surface area (Å²) in [4.78, 5) is 29.9. The number of anilines is 1. The van der Waals surface area contributed by atoms with Crippen LogP contribution < -0.4 is 10.6 Å². The van der Waals surface area contributed by atoms with Crippen molar-refractivity contribution in [2.45, 2.75) is 31.1 Å². The van der Waals surface area contributed by atoms with Crippen molar-refractivity contribution < 1.29 is 19.7 Å². The van der Waals surface area contributed by atoms with Gasteiger partial charge in [0.25, 0.3) is 5.91 Å². The summed E-state index contributed by atoms with van der Waals surface area (Å²) in [5.41, 5.74) is 2.64. The second-order valence-corrected chi connectivity index (χ2v) is 7.84. The fourth-order valence-corrected chi connectivity index (χ4v) is 3.89. The number of benzene rings is 1. The molecule has 1 amide bonds. The van der Waals surface area contributed by atoms with Crippen molar-refractivity contribution in [3.05, 3.63) is 66.7 Å². The molecule has 11 heteroatoms. The van der Waals surface area contributed by atoms with Crippen LogP contribution >= 0.6 is 0 Å². The summed E-state index contributed by atoms with van der Waals surface area (Å²) in [5, 5.41) is 26.8. The van der Waals surface area contributed by atoms with Crippen LogP contribution in [0, 0.1) is 0 Å². The Morgan fingerprint density at radius 3 is 2.59 bits per heavy atom. The topological polar surface area (TPSA) is 147 Å². The maximum absolute atomic E-state index is 12.1. The predicted molar refractivity (Wildman–Crippen MR) is 122 cm³/mol. The molecule has 1 aliphatic rings. The fourth-order valence-electron chi connectivity index (χ4n) is 3.89. The highest BCUT2D eigenvalue weighted by atomic mass is 16.6. The Bertz CT molecular complexity index is 1300. The lowest BCUT2D eigenvalue weighted by Gasteiger charge is -2.17. The lowest BCUT2D eigenvalue weighted by molar-refractivity contribution is -0.137. The average molecular weight is 461 g/mol. The standard InChI is InChI=1S/C23H23N7O4/c1-24-22(33)18-16(31)17(32)23(34-18)30-12-27-15-20(26-11-13-5-3-2-4-6-13)28-19(29-21(15)30)14-7-9-25-10-8-14/h2-10,12,16-18,23,31-32H,11H2,1H3,(H,24,33)(H,26,28,29)/t16-,17+,18-,23+/m0/s1. The Morgan fingerprint density at radius 2 is 1.85 bits per heavy atom. The van der Waals surface area contributed by atoms with Crippen molar-refractivity contribution in [3.63, 3.8) is 0 Å². The first-order chi connectivity index (χ1) is 16.6. The summed E-state index contributed by atoms with van der Waals surface area (Å²) in [6, 6.07) is 13.4. The second kappa shape index (κ2) is 9.14. The van der Waals surface area contributed by atoms with Crippen LogP contribution in [0.15, 0.2) is 61.2 Å². The molecule has 0 bridgehead atoms. The van der Waals surface area contributed by atoms with Crippen molar-refractivity contribution in [2.75, 3.05) is 12.4 Å². The highest BCUT2D eigenvalue weighted by Gasteiger charge is 2.47. The number of ether oxygens (including phenoxy) is 1. The molecule has 34 heavy (non-hydrogen) atoms. The summed E-state index contributed by atoms with van der Waals surface area (Å²) < 4.78 is 7.23. The van der Waals surface area contributed by atoms with Gasteiger partial charge in [0.05, 0.1) is 6.33 Å². The van der Waals surface area contributed by atoms with Crippen LogP contribution in [0.2, 0.25) is 0 Å². The molecule has 4 atom stereocenters. The summed E-state index contributed by atoms with van der Waals surface area (Å²) in [5.74, 6) is 0.384. The molecule has 1 aliphatic heterocycles. The Hall–Kier alpha value is -3.93. The van der Waals surface area contributed by atoms with Gasteiger partial charge in [0.1, 0.15) is 12.2 Å². The molecule has 174 valence electrons. The minimum absolute atomic E-state index is 0.381. The first-order valence-electron chi connectivity index (χ1n) is 10.7. The van der Waals surface area contributed by atoms with Crippen LogP contribution in [0.5, 0.6) is 0 Å². The molecule has 1 aromatic carbocycles. The number of pyridine rings is 1. The van der Waals surface area contributed by atoms with Crippen molar-refractivity contribution >= 4 is 22.9 Å². The van der Waals surface area contributed by atoms with Gasteiger partial charge in [0.2, 0.25) is 0 Å². The molecular formula is C23H23N7O4. The van der Waals surface area contributed by atoms with E-state index in [9.17, 15) is 15.0 Å². The third kappa shape index (κ3) is 3.96. The van der Waals surface area contributed by atoms with E-state index in [1.165, 1.54) is 17.9 Å². The van der Waals surface area contributed by atoms with Crippen molar-refractivity contribution in [1.29, 1.82) is 0 Å². The van der Waals surface area contributed by atoms with E-state index in [1.807, 2.05) is 30.3 Å². The third-order valence-electron chi connectivity index (χ3n) is 5.68. The molecule has 4 aromatic rings. The number of carbonyl (C=O) groups excluding carboxylic acids is 1. The number of hydrogen-bond acceptors (Lipinski definition) is 9. The van der Waals surface area contributed by atoms with Gasteiger partial charge in [-0.2, -0.15) is 0 Å². The van der Waals surface area contributed by atoms with Gasteiger partial charge in [0, 0.05) is 31.5 Å². The number of amides is 1. The Morgan fingerprint density at radius 1 is 1.09 bits per heavy atom. The number of nitrogens with zero attached hydrogens (tertiary/aromatic N) is 5. The molecule has 0 spiro atoms. The molecular weight excluding hydrogens is 438 g/mol. The van der Waals surface area contributed by atoms with Crippen molar-refractivity contribution in [1.82, 2.24) is 29.8 Å². The number of nitrogens with one attached hydrogen (secondary N) is 2. The van der Waals surface area contributed by atoms with Gasteiger partial charge in [-0.25, -0.2) is 15.0 Å². The van der Waals surface area contributed by atoms with Gasteiger partial charge in [-0.1, -0.05) is 30.3 Å². The number of aromatic nitrogens is 5. The molecule has 0 saturated carbocycles. The summed E-state index contributed by atoms with van der Waals surface area (Å²) in [7, 11) is 1.43. The van der Waals surface area contributed by atoms with Gasteiger partial charge in [-0.05, 0) is 17.7 Å².